The van der Waals surface area contributed by atoms with Gasteiger partial charge in [-0.15, -0.1) is 22.7 Å². The molecule has 34 heavy (non-hydrogen) atoms. The van der Waals surface area contributed by atoms with Crippen LogP contribution in [0.25, 0.3) is 21.6 Å². The molecular formula is C23H24N4O4S3. The number of carbonyl (C=O) groups excluding carboxylic acids is 1. The number of H-pyrrole nitrogens is 1. The van der Waals surface area contributed by atoms with Crippen molar-refractivity contribution in [3.8, 4) is 10.7 Å². The number of thiophene rings is 1. The number of aromatic nitrogens is 2. The van der Waals surface area contributed by atoms with Gasteiger partial charge in [0.05, 0.1) is 30.1 Å². The molecule has 178 valence electrons. The summed E-state index contributed by atoms with van der Waals surface area (Å²) >= 11 is 2.74. The maximum Gasteiger partial charge on any atom is 0.273 e. The number of para-hydroxylation sites is 1. The highest BCUT2D eigenvalue weighted by atomic mass is 32.2. The lowest BCUT2D eigenvalue weighted by atomic mass is 10.2. The van der Waals surface area contributed by atoms with E-state index in [-0.39, 0.29) is 5.91 Å². The number of ether oxygens (including phenoxy) is 1. The van der Waals surface area contributed by atoms with E-state index < -0.39 is 10.0 Å². The monoisotopic (exact) mass is 516 g/mol. The van der Waals surface area contributed by atoms with E-state index in [9.17, 15) is 13.2 Å². The van der Waals surface area contributed by atoms with Gasteiger partial charge in [-0.05, 0) is 30.0 Å². The first-order valence-corrected chi connectivity index (χ1v) is 14.0. The normalized spacial score (nSPS) is 14.6. The Kier molecular flexibility index (Phi) is 6.43. The SMILES string of the molecule is CN(c1cccc2cc(-c3ncc(CCC(=O)N4CCOCC4)s3)[nH]c12)S(=O)(=O)c1cccs1. The van der Waals surface area contributed by atoms with Crippen molar-refractivity contribution in [2.24, 2.45) is 0 Å². The zero-order chi connectivity index (χ0) is 23.7. The largest absolute Gasteiger partial charge is 0.378 e. The van der Waals surface area contributed by atoms with E-state index in [4.69, 9.17) is 4.74 Å². The summed E-state index contributed by atoms with van der Waals surface area (Å²) < 4.78 is 33.0. The molecule has 1 amide bonds. The van der Waals surface area contributed by atoms with Gasteiger partial charge in [-0.3, -0.25) is 9.10 Å². The van der Waals surface area contributed by atoms with Crippen LogP contribution in [0.2, 0.25) is 0 Å². The molecule has 0 radical (unpaired) electrons. The van der Waals surface area contributed by atoms with Crippen molar-refractivity contribution < 1.29 is 17.9 Å². The van der Waals surface area contributed by atoms with Gasteiger partial charge in [0.2, 0.25) is 5.91 Å². The number of benzene rings is 1. The molecule has 1 aliphatic rings. The Labute approximate surface area is 205 Å². The fraction of sp³-hybridized carbons (Fsp3) is 0.304. The van der Waals surface area contributed by atoms with E-state index >= 15 is 0 Å². The third-order valence-corrected chi connectivity index (χ3v) is 10.1. The second-order valence-corrected chi connectivity index (χ2v) is 12.2. The number of aromatic amines is 1. The number of fused-ring (bicyclic) bond motifs is 1. The summed E-state index contributed by atoms with van der Waals surface area (Å²) in [5.41, 5.74) is 2.13. The van der Waals surface area contributed by atoms with E-state index in [1.54, 1.807) is 30.6 Å². The van der Waals surface area contributed by atoms with Crippen LogP contribution in [0.5, 0.6) is 0 Å². The molecule has 0 bridgehead atoms. The minimum absolute atomic E-state index is 0.142. The third kappa shape index (κ3) is 4.48. The van der Waals surface area contributed by atoms with E-state index in [0.29, 0.717) is 49.0 Å². The van der Waals surface area contributed by atoms with Crippen LogP contribution in [0.1, 0.15) is 11.3 Å². The van der Waals surface area contributed by atoms with Crippen molar-refractivity contribution in [3.05, 3.63) is 52.9 Å². The first-order valence-electron chi connectivity index (χ1n) is 10.9. The fourth-order valence-corrected chi connectivity index (χ4v) is 7.19. The number of rotatable bonds is 7. The quantitative estimate of drug-likeness (QED) is 0.401. The molecule has 1 aliphatic heterocycles. The molecule has 4 heterocycles. The molecule has 3 aromatic heterocycles. The maximum atomic E-state index is 13.0. The van der Waals surface area contributed by atoms with Gasteiger partial charge in [-0.2, -0.15) is 0 Å². The van der Waals surface area contributed by atoms with Gasteiger partial charge >= 0.3 is 0 Å². The Balaban J connectivity index is 1.35. The van der Waals surface area contributed by atoms with Crippen molar-refractivity contribution >= 4 is 55.2 Å². The van der Waals surface area contributed by atoms with Crippen molar-refractivity contribution in [1.82, 2.24) is 14.9 Å². The second-order valence-electron chi connectivity index (χ2n) is 7.95. The molecule has 1 aromatic carbocycles. The molecule has 1 fully saturated rings. The lowest BCUT2D eigenvalue weighted by molar-refractivity contribution is -0.135. The molecule has 0 unspecified atom stereocenters. The molecule has 4 aromatic rings. The number of thiazole rings is 1. The smallest absolute Gasteiger partial charge is 0.273 e. The molecule has 5 rings (SSSR count). The number of nitrogens with zero attached hydrogens (tertiary/aromatic N) is 3. The Morgan fingerprint density at radius 3 is 2.82 bits per heavy atom. The Bertz CT molecular complexity index is 1400. The van der Waals surface area contributed by atoms with Gasteiger partial charge in [-0.1, -0.05) is 18.2 Å². The predicted molar refractivity (Wildman–Crippen MR) is 135 cm³/mol. The van der Waals surface area contributed by atoms with Crippen LogP contribution >= 0.6 is 22.7 Å². The zero-order valence-corrected chi connectivity index (χ0v) is 21.0. The molecule has 0 aliphatic carbocycles. The molecular weight excluding hydrogens is 492 g/mol. The lowest BCUT2D eigenvalue weighted by Gasteiger charge is -2.26. The van der Waals surface area contributed by atoms with Gasteiger partial charge < -0.3 is 14.6 Å². The number of morpholine rings is 1. The van der Waals surface area contributed by atoms with Crippen LogP contribution < -0.4 is 4.31 Å². The highest BCUT2D eigenvalue weighted by molar-refractivity contribution is 7.94. The molecule has 11 heteroatoms. The van der Waals surface area contributed by atoms with Crippen molar-refractivity contribution in [2.45, 2.75) is 17.1 Å². The number of nitrogens with one attached hydrogen (secondary N) is 1. The number of amides is 1. The van der Waals surface area contributed by atoms with Gasteiger partial charge in [0.1, 0.15) is 9.22 Å². The van der Waals surface area contributed by atoms with Crippen molar-refractivity contribution in [2.75, 3.05) is 37.7 Å². The predicted octanol–water partition coefficient (Wildman–Crippen LogP) is 3.97. The van der Waals surface area contributed by atoms with Crippen LogP contribution in [0.4, 0.5) is 5.69 Å². The molecule has 8 nitrogen and oxygen atoms in total. The highest BCUT2D eigenvalue weighted by Gasteiger charge is 2.24. The molecule has 1 N–H and O–H groups in total. The van der Waals surface area contributed by atoms with E-state index in [1.165, 1.54) is 27.0 Å². The zero-order valence-electron chi connectivity index (χ0n) is 18.6. The molecule has 0 atom stereocenters. The van der Waals surface area contributed by atoms with Crippen LogP contribution in [0.3, 0.4) is 0 Å². The summed E-state index contributed by atoms with van der Waals surface area (Å²) in [6, 6.07) is 10.9. The summed E-state index contributed by atoms with van der Waals surface area (Å²) in [4.78, 5) is 23.2. The van der Waals surface area contributed by atoms with Gasteiger partial charge in [-0.25, -0.2) is 13.4 Å². The number of anilines is 1. The van der Waals surface area contributed by atoms with Gasteiger partial charge in [0.15, 0.2) is 0 Å². The molecule has 1 saturated heterocycles. The van der Waals surface area contributed by atoms with Crippen molar-refractivity contribution in [1.29, 1.82) is 0 Å². The molecule has 0 saturated carbocycles. The third-order valence-electron chi connectivity index (χ3n) is 5.82. The van der Waals surface area contributed by atoms with Gasteiger partial charge in [0.25, 0.3) is 10.0 Å². The van der Waals surface area contributed by atoms with Crippen molar-refractivity contribution in [3.63, 3.8) is 0 Å². The summed E-state index contributed by atoms with van der Waals surface area (Å²) in [6.45, 7) is 2.51. The Morgan fingerprint density at radius 1 is 1.24 bits per heavy atom. The van der Waals surface area contributed by atoms with Crippen LogP contribution in [-0.4, -0.2) is 62.5 Å². The first kappa shape index (κ1) is 23.0. The van der Waals surface area contributed by atoms with Gasteiger partial charge in [0, 0.05) is 43.0 Å². The second kappa shape index (κ2) is 9.49. The topological polar surface area (TPSA) is 95.6 Å². The van der Waals surface area contributed by atoms with Crippen LogP contribution in [0.15, 0.2) is 52.2 Å². The van der Waals surface area contributed by atoms with E-state index in [1.807, 2.05) is 29.3 Å². The average molecular weight is 517 g/mol. The summed E-state index contributed by atoms with van der Waals surface area (Å²) in [5, 5.41) is 3.46. The maximum absolute atomic E-state index is 13.0. The Morgan fingerprint density at radius 2 is 2.06 bits per heavy atom. The number of carbonyl (C=O) groups is 1. The summed E-state index contributed by atoms with van der Waals surface area (Å²) in [5.74, 6) is 0.142. The molecule has 0 spiro atoms. The number of hydrogen-bond donors (Lipinski definition) is 1. The minimum Gasteiger partial charge on any atom is -0.378 e. The van der Waals surface area contributed by atoms with E-state index in [2.05, 4.69) is 9.97 Å². The van der Waals surface area contributed by atoms with Crippen LogP contribution in [-0.2, 0) is 26.0 Å². The fourth-order valence-electron chi connectivity index (χ4n) is 3.94. The highest BCUT2D eigenvalue weighted by Crippen LogP contribution is 2.34. The number of hydrogen-bond acceptors (Lipinski definition) is 7. The van der Waals surface area contributed by atoms with Crippen LogP contribution in [0, 0.1) is 0 Å². The summed E-state index contributed by atoms with van der Waals surface area (Å²) in [7, 11) is -2.07. The average Bonchev–Trinajstić information content (AvgIpc) is 3.62. The number of sulfonamides is 1. The summed E-state index contributed by atoms with van der Waals surface area (Å²) in [6.07, 6.45) is 2.90. The standard InChI is InChI=1S/C23H24N4O4S3/c1-26(34(29,30)21-6-3-13-32-21)19-5-2-4-16-14-18(25-22(16)19)23-24-15-17(33-23)7-8-20(28)27-9-11-31-12-10-27/h2-6,13-15,25H,7-12H2,1H3. The Hall–Kier alpha value is -2.73. The first-order chi connectivity index (χ1) is 16.4. The van der Waals surface area contributed by atoms with E-state index in [0.717, 1.165) is 26.5 Å². The minimum atomic E-state index is -3.64. The number of aryl methyl sites for hydroxylation is 1. The lowest BCUT2D eigenvalue weighted by Crippen LogP contribution is -2.40.